The maximum Gasteiger partial charge on any atom is 0.252 e. The number of halogens is 1. The van der Waals surface area contributed by atoms with Crippen molar-refractivity contribution in [2.24, 2.45) is 5.73 Å². The van der Waals surface area contributed by atoms with E-state index in [1.807, 2.05) is 0 Å². The Balaban J connectivity index is 1.63. The number of pyridine rings is 1. The highest BCUT2D eigenvalue weighted by Gasteiger charge is 2.27. The van der Waals surface area contributed by atoms with Crippen molar-refractivity contribution in [3.05, 3.63) is 65.9 Å². The van der Waals surface area contributed by atoms with Gasteiger partial charge in [0.15, 0.2) is 0 Å². The Morgan fingerprint density at radius 3 is 2.85 bits per heavy atom. The molecule has 3 heterocycles. The molecule has 7 heteroatoms. The second kappa shape index (κ2) is 7.19. The van der Waals surface area contributed by atoms with Crippen molar-refractivity contribution in [3.8, 4) is 11.1 Å². The fraction of sp³-hybridized carbons (Fsp3) is 0.250. The summed E-state index contributed by atoms with van der Waals surface area (Å²) in [5.74, 6) is 0.0807. The quantitative estimate of drug-likeness (QED) is 0.744. The Bertz CT molecular complexity index is 953. The average molecular weight is 365 g/mol. The highest BCUT2D eigenvalue weighted by atomic mass is 19.1. The van der Waals surface area contributed by atoms with Gasteiger partial charge in [0.05, 0.1) is 11.8 Å². The second-order valence-corrected chi connectivity index (χ2v) is 6.73. The molecule has 0 saturated carbocycles. The van der Waals surface area contributed by atoms with Crippen molar-refractivity contribution in [2.75, 3.05) is 18.0 Å². The molecule has 1 aliphatic heterocycles. The number of aromatic nitrogens is 3. The van der Waals surface area contributed by atoms with Crippen molar-refractivity contribution in [3.63, 3.8) is 0 Å². The summed E-state index contributed by atoms with van der Waals surface area (Å²) in [4.78, 5) is 18.2. The summed E-state index contributed by atoms with van der Waals surface area (Å²) < 4.78 is 13.3. The van der Waals surface area contributed by atoms with Gasteiger partial charge in [-0.25, -0.2) is 9.37 Å². The zero-order valence-corrected chi connectivity index (χ0v) is 14.7. The Morgan fingerprint density at radius 1 is 1.26 bits per heavy atom. The third kappa shape index (κ3) is 3.40. The van der Waals surface area contributed by atoms with Crippen molar-refractivity contribution in [1.29, 1.82) is 0 Å². The summed E-state index contributed by atoms with van der Waals surface area (Å²) in [6, 6.07) is 9.84. The van der Waals surface area contributed by atoms with Gasteiger partial charge in [0, 0.05) is 36.5 Å². The van der Waals surface area contributed by atoms with Crippen LogP contribution in [0.2, 0.25) is 0 Å². The van der Waals surface area contributed by atoms with Crippen LogP contribution in [-0.2, 0) is 0 Å². The molecular weight excluding hydrogens is 345 g/mol. The zero-order chi connectivity index (χ0) is 18.8. The Morgan fingerprint density at radius 2 is 2.07 bits per heavy atom. The average Bonchev–Trinajstić information content (AvgIpc) is 3.18. The van der Waals surface area contributed by atoms with Gasteiger partial charge in [-0.3, -0.25) is 9.89 Å². The lowest BCUT2D eigenvalue weighted by Crippen LogP contribution is -2.36. The second-order valence-electron chi connectivity index (χ2n) is 6.73. The predicted molar refractivity (Wildman–Crippen MR) is 101 cm³/mol. The molecule has 6 nitrogen and oxygen atoms in total. The van der Waals surface area contributed by atoms with E-state index < -0.39 is 5.91 Å². The first-order chi connectivity index (χ1) is 13.1. The molecule has 138 valence electrons. The standard InChI is InChI=1S/C20H20FN5O/c21-15-7-5-13(6-8-15)17-11-24-25-18(17)14-3-2-10-26(12-14)20-16(19(22)27)4-1-9-23-20/h1,4-9,11,14H,2-3,10,12H2,(H2,22,27)(H,24,25)/t14-/m1/s1. The summed E-state index contributed by atoms with van der Waals surface area (Å²) in [7, 11) is 0. The summed E-state index contributed by atoms with van der Waals surface area (Å²) in [6.07, 6.45) is 5.40. The minimum Gasteiger partial charge on any atom is -0.365 e. The summed E-state index contributed by atoms with van der Waals surface area (Å²) in [6.45, 7) is 1.52. The first-order valence-corrected chi connectivity index (χ1v) is 8.92. The van der Waals surface area contributed by atoms with E-state index >= 15 is 0 Å². The number of H-pyrrole nitrogens is 1. The van der Waals surface area contributed by atoms with E-state index in [0.29, 0.717) is 17.9 Å². The van der Waals surface area contributed by atoms with Gasteiger partial charge < -0.3 is 10.6 Å². The number of benzene rings is 1. The van der Waals surface area contributed by atoms with Gasteiger partial charge in [-0.05, 0) is 42.7 Å². The number of piperidine rings is 1. The number of amides is 1. The van der Waals surface area contributed by atoms with Crippen molar-refractivity contribution in [1.82, 2.24) is 15.2 Å². The molecule has 0 spiro atoms. The van der Waals surface area contributed by atoms with Gasteiger partial charge in [0.25, 0.3) is 5.91 Å². The van der Waals surface area contributed by atoms with Gasteiger partial charge in [-0.1, -0.05) is 12.1 Å². The van der Waals surface area contributed by atoms with Crippen LogP contribution < -0.4 is 10.6 Å². The van der Waals surface area contributed by atoms with Gasteiger partial charge in [-0.2, -0.15) is 5.10 Å². The lowest BCUT2D eigenvalue weighted by molar-refractivity contribution is 0.100. The molecule has 1 saturated heterocycles. The lowest BCUT2D eigenvalue weighted by atomic mass is 9.90. The van der Waals surface area contributed by atoms with Crippen LogP contribution in [0.25, 0.3) is 11.1 Å². The number of nitrogens with one attached hydrogen (secondary N) is 1. The van der Waals surface area contributed by atoms with Crippen molar-refractivity contribution < 1.29 is 9.18 Å². The van der Waals surface area contributed by atoms with Gasteiger partial charge in [0.1, 0.15) is 11.6 Å². The SMILES string of the molecule is NC(=O)c1cccnc1N1CCC[C@@H](c2[nH]ncc2-c2ccc(F)cc2)C1. The highest BCUT2D eigenvalue weighted by molar-refractivity contribution is 5.97. The Hall–Kier alpha value is -3.22. The first kappa shape index (κ1) is 17.2. The minimum absolute atomic E-state index is 0.198. The van der Waals surface area contributed by atoms with E-state index in [1.54, 1.807) is 36.7 Å². The zero-order valence-electron chi connectivity index (χ0n) is 14.7. The number of aromatic amines is 1. The molecule has 0 radical (unpaired) electrons. The van der Waals surface area contributed by atoms with E-state index in [0.717, 1.165) is 36.2 Å². The number of hydrogen-bond acceptors (Lipinski definition) is 4. The van der Waals surface area contributed by atoms with Crippen molar-refractivity contribution >= 4 is 11.7 Å². The molecule has 0 unspecified atom stereocenters. The number of rotatable bonds is 4. The molecule has 4 rings (SSSR count). The van der Waals surface area contributed by atoms with E-state index in [-0.39, 0.29) is 11.7 Å². The van der Waals surface area contributed by atoms with Crippen LogP contribution in [0.5, 0.6) is 0 Å². The number of carbonyl (C=O) groups is 1. The van der Waals surface area contributed by atoms with Crippen molar-refractivity contribution in [2.45, 2.75) is 18.8 Å². The van der Waals surface area contributed by atoms with Gasteiger partial charge in [0.2, 0.25) is 0 Å². The van der Waals surface area contributed by atoms with Crippen LogP contribution in [0.3, 0.4) is 0 Å². The highest BCUT2D eigenvalue weighted by Crippen LogP contribution is 2.34. The van der Waals surface area contributed by atoms with Crippen LogP contribution in [-0.4, -0.2) is 34.2 Å². The molecule has 1 aliphatic rings. The third-order valence-electron chi connectivity index (χ3n) is 5.01. The van der Waals surface area contributed by atoms with Crippen LogP contribution in [0, 0.1) is 5.82 Å². The van der Waals surface area contributed by atoms with E-state index in [4.69, 9.17) is 5.73 Å². The lowest BCUT2D eigenvalue weighted by Gasteiger charge is -2.34. The topological polar surface area (TPSA) is 87.9 Å². The molecule has 0 bridgehead atoms. The normalized spacial score (nSPS) is 17.1. The molecule has 2 aromatic heterocycles. The number of nitrogens with zero attached hydrogens (tertiary/aromatic N) is 3. The molecule has 0 aliphatic carbocycles. The molecule has 27 heavy (non-hydrogen) atoms. The van der Waals surface area contributed by atoms with Crippen LogP contribution in [0.15, 0.2) is 48.8 Å². The summed E-state index contributed by atoms with van der Waals surface area (Å²) in [5, 5.41) is 7.33. The predicted octanol–water partition coefficient (Wildman–Crippen LogP) is 3.09. The maximum atomic E-state index is 13.3. The number of primary amides is 1. The molecule has 1 aromatic carbocycles. The van der Waals surface area contributed by atoms with E-state index in [9.17, 15) is 9.18 Å². The van der Waals surface area contributed by atoms with E-state index in [2.05, 4.69) is 20.1 Å². The maximum absolute atomic E-state index is 13.3. The summed E-state index contributed by atoms with van der Waals surface area (Å²) in [5.41, 5.74) is 8.85. The molecule has 1 fully saturated rings. The number of carbonyl (C=O) groups excluding carboxylic acids is 1. The number of nitrogens with two attached hydrogens (primary N) is 1. The first-order valence-electron chi connectivity index (χ1n) is 8.92. The number of hydrogen-bond donors (Lipinski definition) is 2. The Kier molecular flexibility index (Phi) is 4.58. The monoisotopic (exact) mass is 365 g/mol. The fourth-order valence-electron chi connectivity index (χ4n) is 3.71. The number of anilines is 1. The molecular formula is C20H20FN5O. The smallest absolute Gasteiger partial charge is 0.252 e. The molecule has 1 amide bonds. The molecule has 3 aromatic rings. The third-order valence-corrected chi connectivity index (χ3v) is 5.01. The molecule has 1 atom stereocenters. The minimum atomic E-state index is -0.478. The largest absolute Gasteiger partial charge is 0.365 e. The fourth-order valence-corrected chi connectivity index (χ4v) is 3.71. The van der Waals surface area contributed by atoms with Crippen LogP contribution in [0.1, 0.15) is 34.8 Å². The van der Waals surface area contributed by atoms with Gasteiger partial charge in [-0.15, -0.1) is 0 Å². The van der Waals surface area contributed by atoms with Crippen LogP contribution >= 0.6 is 0 Å². The van der Waals surface area contributed by atoms with Gasteiger partial charge >= 0.3 is 0 Å². The summed E-state index contributed by atoms with van der Waals surface area (Å²) >= 11 is 0. The Labute approximate surface area is 156 Å². The molecule has 3 N–H and O–H groups in total. The van der Waals surface area contributed by atoms with E-state index in [1.165, 1.54) is 12.1 Å². The van der Waals surface area contributed by atoms with Crippen LogP contribution in [0.4, 0.5) is 10.2 Å².